The Hall–Kier alpha value is -12.6. The van der Waals surface area contributed by atoms with Crippen LogP contribution in [0.25, 0.3) is 0 Å². The lowest BCUT2D eigenvalue weighted by Crippen LogP contribution is -2.40. The van der Waals surface area contributed by atoms with Crippen LogP contribution in [0.3, 0.4) is 0 Å². The number of fused-ring (bicyclic) bond motifs is 3. The third-order valence-electron chi connectivity index (χ3n) is 27.4. The first-order valence-electron chi connectivity index (χ1n) is 47.6. The molecule has 0 N–H and O–H groups in total. The van der Waals surface area contributed by atoms with Gasteiger partial charge in [-0.1, -0.05) is 146 Å². The molecule has 141 heavy (non-hydrogen) atoms. The topological polar surface area (TPSA) is 274 Å². The van der Waals surface area contributed by atoms with Crippen LogP contribution < -0.4 is 18.9 Å². The Balaban J connectivity index is 0.000000120. The fourth-order valence-corrected chi connectivity index (χ4v) is 32.4. The van der Waals surface area contributed by atoms with Gasteiger partial charge in [0.1, 0.15) is 53.5 Å². The monoisotopic (exact) mass is 1990 g/mol. The smallest absolute Gasteiger partial charge is 0.347 e. The number of benzene rings is 12. The van der Waals surface area contributed by atoms with E-state index in [1.54, 1.807) is 0 Å². The van der Waals surface area contributed by atoms with Gasteiger partial charge in [-0.25, -0.2) is 24.0 Å². The van der Waals surface area contributed by atoms with E-state index >= 15 is 0 Å². The van der Waals surface area contributed by atoms with E-state index in [9.17, 15) is 42.0 Å². The molecule has 724 valence electrons. The van der Waals surface area contributed by atoms with E-state index in [1.807, 2.05) is 104 Å². The molecule has 10 aliphatic rings. The summed E-state index contributed by atoms with van der Waals surface area (Å²) in [5, 5.41) is -0.436. The third kappa shape index (κ3) is 21.1. The van der Waals surface area contributed by atoms with Gasteiger partial charge in [0.05, 0.1) is 73.4 Å². The zero-order chi connectivity index (χ0) is 97.9. The lowest BCUT2D eigenvalue weighted by molar-refractivity contribution is -0.163. The van der Waals surface area contributed by atoms with Gasteiger partial charge in [0.25, 0.3) is 10.1 Å². The minimum Gasteiger partial charge on any atom is -0.481 e. The summed E-state index contributed by atoms with van der Waals surface area (Å²) < 4.78 is 97.1. The number of carbonyl (C=O) groups is 7. The van der Waals surface area contributed by atoms with E-state index in [0.29, 0.717) is 42.3 Å². The van der Waals surface area contributed by atoms with E-state index in [-0.39, 0.29) is 148 Å². The molecular formula is C114H110O22S5+4. The Morgan fingerprint density at radius 3 is 0.929 bits per heavy atom. The van der Waals surface area contributed by atoms with Crippen LogP contribution in [-0.2, 0) is 129 Å². The van der Waals surface area contributed by atoms with E-state index < -0.39 is 75.7 Å². The number of rotatable bonds is 28. The maximum Gasteiger partial charge on any atom is 0.347 e. The summed E-state index contributed by atoms with van der Waals surface area (Å²) in [6.45, 7) is 15.4. The van der Waals surface area contributed by atoms with Gasteiger partial charge >= 0.3 is 41.8 Å². The molecule has 0 amide bonds. The van der Waals surface area contributed by atoms with Crippen LogP contribution in [0.4, 0.5) is 0 Å². The Labute approximate surface area is 832 Å². The van der Waals surface area contributed by atoms with Crippen LogP contribution in [-0.4, -0.2) is 143 Å². The first kappa shape index (κ1) is 97.2. The van der Waals surface area contributed by atoms with Gasteiger partial charge in [0, 0.05) is 78.6 Å². The molecule has 22 nitrogen and oxygen atoms in total. The Morgan fingerprint density at radius 1 is 0.312 bits per heavy atom. The average Bonchev–Trinajstić information content (AvgIpc) is 1.57. The third-order valence-corrected chi connectivity index (χ3v) is 38.0. The van der Waals surface area contributed by atoms with Crippen molar-refractivity contribution < 1.29 is 103 Å². The van der Waals surface area contributed by atoms with Gasteiger partial charge in [0.15, 0.2) is 97.4 Å². The predicted molar refractivity (Wildman–Crippen MR) is 531 cm³/mol. The van der Waals surface area contributed by atoms with Crippen molar-refractivity contribution in [1.29, 1.82) is 0 Å². The maximum absolute atomic E-state index is 12.7. The molecule has 0 radical (unpaired) electrons. The molecule has 16 unspecified atom stereocenters. The van der Waals surface area contributed by atoms with Crippen molar-refractivity contribution in [1.82, 2.24) is 0 Å². The second kappa shape index (κ2) is 42.7. The van der Waals surface area contributed by atoms with Crippen LogP contribution in [0.2, 0.25) is 0 Å². The fraction of sp³-hybridized carbons (Fsp3) is 0.307. The normalized spacial score (nSPS) is 23.7. The quantitative estimate of drug-likeness (QED) is 0.0191. The standard InChI is InChI=1S/C30H29O5S.C29H29O6S2.C29H27O6S.C26H25O5S/c1-18-13-23(36(21-9-5-3-6-10-21)22-11-7-4-8-12-22)14-19(2)27(18)33-17-26(31)34-28-20-15-24-25(16-20)30(32)35-29(24)28;1-18-13-23(36(21-9-5-3-6-10-21)22-11-7-4-8-12-22)14-19(2)27(18)33-17-26(30)34-28-20-15-24-25(16-20)37(31,32)35-29(24)28;1-17-13-21(36(19-9-5-3-6-10-19)20-11-7-4-8-12-20)14-18(2)25(17)32-16-24(30)34-27-23-15-22-26(33-23)28(27)35-29(22)31;1-18-15-22(32(20-9-5-3-6-10-20)21-11-7-4-8-12-21)16-19(2)25(18)30-17-24(27)31-23-13-14-29-26(23)28/h3-14,20,24-25,28-29H,15-17H2,1-2H3;3-14,20,24-25,28-29H,15-17H2,1-2H3;3-14,22-23,26-28H,15-16H2,1-2H3;3-12,15-16,23H,13-14,17H2,1-2H3/q4*+1. The van der Waals surface area contributed by atoms with Gasteiger partial charge < -0.3 is 56.8 Å². The minimum atomic E-state index is -3.54. The lowest BCUT2D eigenvalue weighted by Gasteiger charge is -2.25. The Bertz CT molecular complexity index is 6260. The molecule has 6 heterocycles. The second-order valence-electron chi connectivity index (χ2n) is 37.0. The van der Waals surface area contributed by atoms with Crippen molar-refractivity contribution in [2.75, 3.05) is 33.0 Å². The lowest BCUT2D eigenvalue weighted by atomic mass is 9.88. The summed E-state index contributed by atoms with van der Waals surface area (Å²) in [6.07, 6.45) is -0.280. The van der Waals surface area contributed by atoms with Crippen molar-refractivity contribution >= 4 is 95.5 Å². The zero-order valence-corrected chi connectivity index (χ0v) is 83.3. The van der Waals surface area contributed by atoms with Crippen LogP contribution in [0, 0.1) is 90.9 Å². The van der Waals surface area contributed by atoms with Crippen LogP contribution in [0.5, 0.6) is 23.0 Å². The van der Waals surface area contributed by atoms with E-state index in [2.05, 4.69) is 243 Å². The fourth-order valence-electron chi connectivity index (χ4n) is 21.5. The first-order valence-corrected chi connectivity index (χ1v) is 54.0. The van der Waals surface area contributed by atoms with Crippen molar-refractivity contribution in [2.45, 2.75) is 213 Å². The van der Waals surface area contributed by atoms with Crippen molar-refractivity contribution in [2.24, 2.45) is 35.5 Å². The van der Waals surface area contributed by atoms with E-state index in [0.717, 1.165) is 63.8 Å². The number of ether oxygens (including phenoxy) is 12. The Kier molecular flexibility index (Phi) is 29.4. The van der Waals surface area contributed by atoms with Gasteiger partial charge in [-0.3, -0.25) is 13.8 Å². The highest BCUT2D eigenvalue weighted by Crippen LogP contribution is 2.58. The summed E-state index contributed by atoms with van der Waals surface area (Å²) in [4.78, 5) is 100. The van der Waals surface area contributed by atoms with E-state index in [1.165, 1.54) is 58.7 Å². The molecule has 0 spiro atoms. The summed E-state index contributed by atoms with van der Waals surface area (Å²) in [5.74, 6) is 0.0437. The molecule has 4 aliphatic carbocycles. The highest BCUT2D eigenvalue weighted by atomic mass is 32.2. The van der Waals surface area contributed by atoms with Gasteiger partial charge in [-0.15, -0.1) is 0 Å². The molecule has 22 rings (SSSR count). The number of cyclic esters (lactones) is 1. The largest absolute Gasteiger partial charge is 0.481 e. The number of hydrogen-bond donors (Lipinski definition) is 0. The summed E-state index contributed by atoms with van der Waals surface area (Å²) in [7, 11) is -4.60. The number of carbonyl (C=O) groups excluding carboxylic acids is 7. The zero-order valence-electron chi connectivity index (χ0n) is 79.3. The van der Waals surface area contributed by atoms with Crippen molar-refractivity contribution in [3.63, 3.8) is 0 Å². The van der Waals surface area contributed by atoms with E-state index in [4.69, 9.17) is 61.0 Å². The van der Waals surface area contributed by atoms with Crippen LogP contribution in [0.1, 0.15) is 83.0 Å². The molecule has 12 aromatic rings. The molecule has 27 heteroatoms. The first-order chi connectivity index (χ1) is 68.3. The summed E-state index contributed by atoms with van der Waals surface area (Å²) in [6, 6.07) is 101. The predicted octanol–water partition coefficient (Wildman–Crippen LogP) is 19.1. The SMILES string of the molecule is Cc1cc([S+](c2ccccc2)c2ccccc2)cc(C)c1OCC(=O)OC1C2CC3C(=O)OC1C3C2.Cc1cc([S+](c2ccccc2)c2ccccc2)cc(C)c1OCC(=O)OC1C2CC3C(=O)OC1C3O2.Cc1cc([S+](c2ccccc2)c2ccccc2)cc(C)c1OCC(=O)OC1C2CC3C1OS(=O)(=O)C3C2.Cc1cc([S+](c2ccccc2)c2ccccc2)cc(C)c1OCC(=O)OC1CCOC1=O. The summed E-state index contributed by atoms with van der Waals surface area (Å²) >= 11 is 0. The number of hydrogen-bond acceptors (Lipinski definition) is 22. The molecule has 16 atom stereocenters. The molecule has 6 saturated heterocycles. The number of aryl methyl sites for hydroxylation is 8. The highest BCUT2D eigenvalue weighted by Gasteiger charge is 2.67. The van der Waals surface area contributed by atoms with Gasteiger partial charge in [-0.05, 0) is 229 Å². The highest BCUT2D eigenvalue weighted by molar-refractivity contribution is 7.98. The minimum absolute atomic E-state index is 0.00586. The summed E-state index contributed by atoms with van der Waals surface area (Å²) in [5.41, 5.74) is 7.65. The molecule has 4 saturated carbocycles. The average molecular weight is 1990 g/mol. The van der Waals surface area contributed by atoms with Gasteiger partial charge in [-0.2, -0.15) is 8.42 Å². The Morgan fingerprint density at radius 2 is 0.603 bits per heavy atom. The number of esters is 7. The van der Waals surface area contributed by atoms with Crippen LogP contribution in [0.15, 0.2) is 350 Å². The molecule has 10 fully saturated rings. The molecule has 12 aromatic carbocycles. The molecule has 6 bridgehead atoms. The van der Waals surface area contributed by atoms with Crippen LogP contribution >= 0.6 is 0 Å². The van der Waals surface area contributed by atoms with Crippen molar-refractivity contribution in [3.05, 3.63) is 336 Å². The maximum atomic E-state index is 12.7. The van der Waals surface area contributed by atoms with Gasteiger partial charge in [0.2, 0.25) is 6.10 Å². The molecular weight excluding hydrogens is 1880 g/mol. The molecule has 6 aliphatic heterocycles. The molecule has 0 aromatic heterocycles. The van der Waals surface area contributed by atoms with Crippen molar-refractivity contribution in [3.8, 4) is 23.0 Å². The second-order valence-corrected chi connectivity index (χ2v) is 46.9.